The first kappa shape index (κ1) is 12.5. The van der Waals surface area contributed by atoms with Crippen LogP contribution in [0, 0.1) is 0 Å². The Hall–Kier alpha value is -1.55. The highest BCUT2D eigenvalue weighted by Gasteiger charge is 2.14. The molecule has 0 spiro atoms. The molecule has 88 valence electrons. The topological polar surface area (TPSA) is 61.5 Å². The summed E-state index contributed by atoms with van der Waals surface area (Å²) < 4.78 is 10.0. The lowest BCUT2D eigenvalue weighted by molar-refractivity contribution is -0.147. The van der Waals surface area contributed by atoms with Crippen molar-refractivity contribution in [2.75, 3.05) is 7.11 Å². The molecule has 2 unspecified atom stereocenters. The molecule has 2 atom stereocenters. The van der Waals surface area contributed by atoms with E-state index in [-0.39, 0.29) is 6.04 Å². The summed E-state index contributed by atoms with van der Waals surface area (Å²) >= 11 is 0. The van der Waals surface area contributed by atoms with Gasteiger partial charge in [0.25, 0.3) is 0 Å². The Kier molecular flexibility index (Phi) is 4.31. The molecule has 0 aliphatic carbocycles. The minimum Gasteiger partial charge on any atom is -0.479 e. The Bertz CT molecular complexity index is 363. The number of carbonyl (C=O) groups is 1. The molecule has 1 rings (SSSR count). The molecule has 4 nitrogen and oxygen atoms in total. The van der Waals surface area contributed by atoms with Crippen LogP contribution in [-0.4, -0.2) is 19.2 Å². The van der Waals surface area contributed by atoms with E-state index in [9.17, 15) is 4.79 Å². The van der Waals surface area contributed by atoms with E-state index in [1.807, 2.05) is 25.1 Å². The van der Waals surface area contributed by atoms with Gasteiger partial charge >= 0.3 is 5.97 Å². The van der Waals surface area contributed by atoms with Crippen molar-refractivity contribution in [3.8, 4) is 5.75 Å². The molecule has 0 radical (unpaired) electrons. The second kappa shape index (κ2) is 5.51. The number of ether oxygens (including phenoxy) is 2. The zero-order valence-corrected chi connectivity index (χ0v) is 9.77. The summed E-state index contributed by atoms with van der Waals surface area (Å²) in [6.07, 6.45) is -0.617. The first-order chi connectivity index (χ1) is 7.54. The van der Waals surface area contributed by atoms with E-state index in [0.29, 0.717) is 5.75 Å². The van der Waals surface area contributed by atoms with Gasteiger partial charge in [-0.05, 0) is 31.5 Å². The number of carbonyl (C=O) groups excluding carboxylic acids is 1. The quantitative estimate of drug-likeness (QED) is 0.788. The normalized spacial score (nSPS) is 14.0. The van der Waals surface area contributed by atoms with Gasteiger partial charge in [0, 0.05) is 6.04 Å². The lowest BCUT2D eigenvalue weighted by atomic mass is 10.1. The van der Waals surface area contributed by atoms with E-state index in [2.05, 4.69) is 4.74 Å². The molecular weight excluding hydrogens is 206 g/mol. The fraction of sp³-hybridized carbons (Fsp3) is 0.417. The van der Waals surface area contributed by atoms with Gasteiger partial charge in [0.2, 0.25) is 0 Å². The van der Waals surface area contributed by atoms with Crippen LogP contribution in [0.5, 0.6) is 5.75 Å². The molecule has 0 heterocycles. The Balaban J connectivity index is 2.74. The van der Waals surface area contributed by atoms with Crippen LogP contribution in [0.3, 0.4) is 0 Å². The molecule has 0 saturated carbocycles. The molecule has 0 bridgehead atoms. The van der Waals surface area contributed by atoms with Gasteiger partial charge in [-0.1, -0.05) is 12.1 Å². The summed E-state index contributed by atoms with van der Waals surface area (Å²) in [6.45, 7) is 3.53. The third-order valence-corrected chi connectivity index (χ3v) is 2.23. The summed E-state index contributed by atoms with van der Waals surface area (Å²) in [4.78, 5) is 11.2. The molecule has 0 fully saturated rings. The van der Waals surface area contributed by atoms with Gasteiger partial charge < -0.3 is 15.2 Å². The van der Waals surface area contributed by atoms with Gasteiger partial charge in [0.1, 0.15) is 5.75 Å². The van der Waals surface area contributed by atoms with E-state index in [0.717, 1.165) is 5.56 Å². The fourth-order valence-corrected chi connectivity index (χ4v) is 1.29. The average molecular weight is 223 g/mol. The average Bonchev–Trinajstić information content (AvgIpc) is 2.28. The smallest absolute Gasteiger partial charge is 0.346 e. The molecule has 4 heteroatoms. The molecule has 1 aromatic carbocycles. The third kappa shape index (κ3) is 3.24. The molecule has 0 aliphatic rings. The van der Waals surface area contributed by atoms with E-state index in [1.165, 1.54) is 7.11 Å². The van der Waals surface area contributed by atoms with Crippen molar-refractivity contribution < 1.29 is 14.3 Å². The predicted octanol–water partition coefficient (Wildman–Crippen LogP) is 1.65. The number of nitrogens with two attached hydrogens (primary N) is 1. The lowest BCUT2D eigenvalue weighted by Crippen LogP contribution is -2.24. The van der Waals surface area contributed by atoms with Crippen LogP contribution in [0.1, 0.15) is 25.5 Å². The molecule has 2 N–H and O–H groups in total. The van der Waals surface area contributed by atoms with Crippen molar-refractivity contribution in [1.82, 2.24) is 0 Å². The Morgan fingerprint density at radius 3 is 2.62 bits per heavy atom. The first-order valence-corrected chi connectivity index (χ1v) is 5.14. The maximum atomic E-state index is 11.2. The molecule has 0 aliphatic heterocycles. The second-order valence-electron chi connectivity index (χ2n) is 3.64. The Labute approximate surface area is 95.3 Å². The number of rotatable bonds is 4. The minimum absolute atomic E-state index is 0.0583. The summed E-state index contributed by atoms with van der Waals surface area (Å²) in [7, 11) is 1.33. The van der Waals surface area contributed by atoms with E-state index in [4.69, 9.17) is 10.5 Å². The zero-order chi connectivity index (χ0) is 12.1. The summed E-state index contributed by atoms with van der Waals surface area (Å²) in [5.74, 6) is 0.221. The van der Waals surface area contributed by atoms with Gasteiger partial charge in [0.15, 0.2) is 6.10 Å². The number of methoxy groups -OCH3 is 1. The second-order valence-corrected chi connectivity index (χ2v) is 3.64. The number of hydrogen-bond donors (Lipinski definition) is 1. The van der Waals surface area contributed by atoms with Gasteiger partial charge in [-0.25, -0.2) is 4.79 Å². The SMILES string of the molecule is COC(=O)C(C)Oc1cccc(C(C)N)c1. The molecule has 0 saturated heterocycles. The third-order valence-electron chi connectivity index (χ3n) is 2.23. The lowest BCUT2D eigenvalue weighted by Gasteiger charge is -2.14. The minimum atomic E-state index is -0.617. The van der Waals surface area contributed by atoms with Crippen LogP contribution in [0.2, 0.25) is 0 Å². The van der Waals surface area contributed by atoms with Crippen molar-refractivity contribution in [3.05, 3.63) is 29.8 Å². The summed E-state index contributed by atoms with van der Waals surface area (Å²) in [6, 6.07) is 7.31. The number of benzene rings is 1. The van der Waals surface area contributed by atoms with E-state index in [1.54, 1.807) is 13.0 Å². The standard InChI is InChI=1S/C12H17NO3/c1-8(13)10-5-4-6-11(7-10)16-9(2)12(14)15-3/h4-9H,13H2,1-3H3. The monoisotopic (exact) mass is 223 g/mol. The van der Waals surface area contributed by atoms with Gasteiger partial charge in [-0.15, -0.1) is 0 Å². The van der Waals surface area contributed by atoms with Crippen LogP contribution in [0.25, 0.3) is 0 Å². The maximum Gasteiger partial charge on any atom is 0.346 e. The molecular formula is C12H17NO3. The van der Waals surface area contributed by atoms with E-state index >= 15 is 0 Å². The molecule has 0 amide bonds. The van der Waals surface area contributed by atoms with Crippen molar-refractivity contribution >= 4 is 5.97 Å². The van der Waals surface area contributed by atoms with Gasteiger partial charge in [-0.3, -0.25) is 0 Å². The van der Waals surface area contributed by atoms with Gasteiger partial charge in [-0.2, -0.15) is 0 Å². The highest BCUT2D eigenvalue weighted by Crippen LogP contribution is 2.18. The molecule has 1 aromatic rings. The molecule has 16 heavy (non-hydrogen) atoms. The van der Waals surface area contributed by atoms with Crippen LogP contribution < -0.4 is 10.5 Å². The summed E-state index contributed by atoms with van der Waals surface area (Å²) in [5, 5.41) is 0. The van der Waals surface area contributed by atoms with Crippen LogP contribution in [-0.2, 0) is 9.53 Å². The number of hydrogen-bond acceptors (Lipinski definition) is 4. The van der Waals surface area contributed by atoms with Crippen LogP contribution in [0.4, 0.5) is 0 Å². The van der Waals surface area contributed by atoms with Crippen LogP contribution in [0.15, 0.2) is 24.3 Å². The highest BCUT2D eigenvalue weighted by atomic mass is 16.6. The van der Waals surface area contributed by atoms with E-state index < -0.39 is 12.1 Å². The van der Waals surface area contributed by atoms with Crippen LogP contribution >= 0.6 is 0 Å². The van der Waals surface area contributed by atoms with Gasteiger partial charge in [0.05, 0.1) is 7.11 Å². The molecule has 0 aromatic heterocycles. The van der Waals surface area contributed by atoms with Crippen molar-refractivity contribution in [1.29, 1.82) is 0 Å². The highest BCUT2D eigenvalue weighted by molar-refractivity contribution is 5.74. The summed E-state index contributed by atoms with van der Waals surface area (Å²) in [5.41, 5.74) is 6.72. The van der Waals surface area contributed by atoms with Crippen molar-refractivity contribution in [3.63, 3.8) is 0 Å². The predicted molar refractivity (Wildman–Crippen MR) is 61.2 cm³/mol. The van der Waals surface area contributed by atoms with Crippen molar-refractivity contribution in [2.24, 2.45) is 5.73 Å². The fourth-order valence-electron chi connectivity index (χ4n) is 1.29. The zero-order valence-electron chi connectivity index (χ0n) is 9.77. The Morgan fingerprint density at radius 1 is 1.38 bits per heavy atom. The number of esters is 1. The Morgan fingerprint density at radius 2 is 2.06 bits per heavy atom. The largest absolute Gasteiger partial charge is 0.479 e. The van der Waals surface area contributed by atoms with Crippen molar-refractivity contribution in [2.45, 2.75) is 26.0 Å². The maximum absolute atomic E-state index is 11.2. The first-order valence-electron chi connectivity index (χ1n) is 5.14.